The lowest BCUT2D eigenvalue weighted by Gasteiger charge is -2.13. The van der Waals surface area contributed by atoms with E-state index in [0.717, 1.165) is 5.56 Å². The summed E-state index contributed by atoms with van der Waals surface area (Å²) in [5.74, 6) is -1.04. The van der Waals surface area contributed by atoms with Crippen LogP contribution in [0.1, 0.15) is 17.3 Å². The number of nitrogens with one attached hydrogen (secondary N) is 1. The van der Waals surface area contributed by atoms with E-state index < -0.39 is 23.8 Å². The molecule has 1 amide bonds. The van der Waals surface area contributed by atoms with Crippen molar-refractivity contribution in [2.24, 2.45) is 0 Å². The molecule has 30 heavy (non-hydrogen) atoms. The number of hydrogen-bond acceptors (Lipinski definition) is 5. The van der Waals surface area contributed by atoms with E-state index in [0.29, 0.717) is 22.4 Å². The first-order valence-electron chi connectivity index (χ1n) is 9.23. The summed E-state index contributed by atoms with van der Waals surface area (Å²) in [6, 6.07) is 19.6. The number of ether oxygens (including phenoxy) is 1. The van der Waals surface area contributed by atoms with Crippen molar-refractivity contribution in [3.63, 3.8) is 0 Å². The number of benzene rings is 3. The zero-order valence-electron chi connectivity index (χ0n) is 16.0. The number of carbonyl (C=O) groups excluding carboxylic acids is 2. The molecule has 4 aromatic rings. The normalized spacial score (nSPS) is 11.8. The molecule has 1 heterocycles. The molecule has 0 radical (unpaired) electrons. The van der Waals surface area contributed by atoms with E-state index in [1.165, 1.54) is 31.2 Å². The fourth-order valence-electron chi connectivity index (χ4n) is 2.93. The fourth-order valence-corrected chi connectivity index (χ4v) is 2.93. The minimum absolute atomic E-state index is 0.268. The maximum Gasteiger partial charge on any atom is 0.338 e. The summed E-state index contributed by atoms with van der Waals surface area (Å²) in [5, 5.41) is 7.26. The molecule has 0 saturated carbocycles. The first-order chi connectivity index (χ1) is 14.5. The van der Waals surface area contributed by atoms with E-state index >= 15 is 0 Å². The highest BCUT2D eigenvalue weighted by Gasteiger charge is 2.20. The van der Waals surface area contributed by atoms with E-state index in [9.17, 15) is 14.0 Å². The standard InChI is InChI=1S/C23H17FN2O4/c1-14(22(27)25-18-10-8-17(24)9-11-18)29-23(28)16-7-12-20-19(13-16)21(30-26-20)15-5-3-2-4-6-15/h2-14H,1H3,(H,25,27). The van der Waals surface area contributed by atoms with Gasteiger partial charge >= 0.3 is 5.97 Å². The van der Waals surface area contributed by atoms with Crippen LogP contribution in [0.5, 0.6) is 0 Å². The van der Waals surface area contributed by atoms with Gasteiger partial charge in [-0.15, -0.1) is 0 Å². The number of halogens is 1. The van der Waals surface area contributed by atoms with Crippen LogP contribution in [0.2, 0.25) is 0 Å². The smallest absolute Gasteiger partial charge is 0.338 e. The van der Waals surface area contributed by atoms with Gasteiger partial charge in [-0.25, -0.2) is 9.18 Å². The molecule has 1 aromatic heterocycles. The first-order valence-corrected chi connectivity index (χ1v) is 9.23. The monoisotopic (exact) mass is 404 g/mol. The Morgan fingerprint density at radius 2 is 1.77 bits per heavy atom. The predicted octanol–water partition coefficient (Wildman–Crippen LogP) is 4.82. The van der Waals surface area contributed by atoms with Crippen LogP contribution < -0.4 is 5.32 Å². The predicted molar refractivity (Wildman–Crippen MR) is 109 cm³/mol. The van der Waals surface area contributed by atoms with Crippen molar-refractivity contribution in [1.29, 1.82) is 0 Å². The van der Waals surface area contributed by atoms with Gasteiger partial charge in [-0.1, -0.05) is 35.5 Å². The Morgan fingerprint density at radius 3 is 2.50 bits per heavy atom. The Morgan fingerprint density at radius 1 is 1.03 bits per heavy atom. The van der Waals surface area contributed by atoms with Crippen LogP contribution in [0.15, 0.2) is 77.3 Å². The molecule has 1 atom stereocenters. The number of amides is 1. The topological polar surface area (TPSA) is 81.4 Å². The third-order valence-electron chi connectivity index (χ3n) is 4.51. The molecule has 150 valence electrons. The van der Waals surface area contributed by atoms with Gasteiger partial charge in [0, 0.05) is 11.3 Å². The molecule has 0 spiro atoms. The van der Waals surface area contributed by atoms with Gasteiger partial charge in [-0.2, -0.15) is 0 Å². The minimum Gasteiger partial charge on any atom is -0.449 e. The molecule has 0 aliphatic carbocycles. The summed E-state index contributed by atoms with van der Waals surface area (Å²) < 4.78 is 23.7. The molecule has 3 aromatic carbocycles. The van der Waals surface area contributed by atoms with Gasteiger partial charge in [-0.3, -0.25) is 4.79 Å². The number of hydrogen-bond donors (Lipinski definition) is 1. The van der Waals surface area contributed by atoms with Gasteiger partial charge in [0.15, 0.2) is 11.9 Å². The first kappa shape index (κ1) is 19.3. The molecule has 0 bridgehead atoms. The molecule has 4 rings (SSSR count). The Kier molecular flexibility index (Phi) is 5.26. The highest BCUT2D eigenvalue weighted by molar-refractivity contribution is 6.00. The summed E-state index contributed by atoms with van der Waals surface area (Å²) in [5.41, 5.74) is 2.11. The number of aromatic nitrogens is 1. The van der Waals surface area contributed by atoms with Gasteiger partial charge in [-0.05, 0) is 49.4 Å². The second kappa shape index (κ2) is 8.16. The van der Waals surface area contributed by atoms with E-state index in [4.69, 9.17) is 9.26 Å². The van der Waals surface area contributed by atoms with Crippen LogP contribution in [0.4, 0.5) is 10.1 Å². The average Bonchev–Trinajstić information content (AvgIpc) is 3.19. The van der Waals surface area contributed by atoms with Crippen molar-refractivity contribution in [2.75, 3.05) is 5.32 Å². The molecule has 0 aliphatic rings. The summed E-state index contributed by atoms with van der Waals surface area (Å²) in [6.07, 6.45) is -1.05. The van der Waals surface area contributed by atoms with E-state index in [-0.39, 0.29) is 5.56 Å². The summed E-state index contributed by atoms with van der Waals surface area (Å²) in [7, 11) is 0. The fraction of sp³-hybridized carbons (Fsp3) is 0.0870. The Bertz CT molecular complexity index is 1200. The Balaban J connectivity index is 1.50. The summed E-state index contributed by atoms with van der Waals surface area (Å²) in [6.45, 7) is 1.46. The van der Waals surface area contributed by atoms with Gasteiger partial charge in [0.1, 0.15) is 11.3 Å². The van der Waals surface area contributed by atoms with Crippen molar-refractivity contribution in [2.45, 2.75) is 13.0 Å². The molecule has 1 N–H and O–H groups in total. The highest BCUT2D eigenvalue weighted by Crippen LogP contribution is 2.29. The second-order valence-corrected chi connectivity index (χ2v) is 6.65. The lowest BCUT2D eigenvalue weighted by Crippen LogP contribution is -2.30. The zero-order chi connectivity index (χ0) is 21.1. The number of anilines is 1. The van der Waals surface area contributed by atoms with Crippen LogP contribution >= 0.6 is 0 Å². The molecular weight excluding hydrogens is 387 g/mol. The van der Waals surface area contributed by atoms with Crippen LogP contribution in [0, 0.1) is 5.82 Å². The van der Waals surface area contributed by atoms with Gasteiger partial charge < -0.3 is 14.6 Å². The van der Waals surface area contributed by atoms with Gasteiger partial charge in [0.05, 0.1) is 10.9 Å². The number of rotatable bonds is 5. The van der Waals surface area contributed by atoms with Crippen molar-refractivity contribution in [1.82, 2.24) is 5.16 Å². The van der Waals surface area contributed by atoms with Gasteiger partial charge in [0.25, 0.3) is 5.91 Å². The van der Waals surface area contributed by atoms with Crippen LogP contribution in [0.3, 0.4) is 0 Å². The van der Waals surface area contributed by atoms with Crippen molar-refractivity contribution in [3.05, 3.63) is 84.2 Å². The van der Waals surface area contributed by atoms with Crippen LogP contribution in [-0.2, 0) is 9.53 Å². The van der Waals surface area contributed by atoms with Gasteiger partial charge in [0.2, 0.25) is 0 Å². The summed E-state index contributed by atoms with van der Waals surface area (Å²) >= 11 is 0. The lowest BCUT2D eigenvalue weighted by molar-refractivity contribution is -0.123. The van der Waals surface area contributed by atoms with E-state index in [1.807, 2.05) is 30.3 Å². The second-order valence-electron chi connectivity index (χ2n) is 6.65. The van der Waals surface area contributed by atoms with Crippen molar-refractivity contribution in [3.8, 4) is 11.3 Å². The zero-order valence-corrected chi connectivity index (χ0v) is 16.0. The SMILES string of the molecule is CC(OC(=O)c1ccc2noc(-c3ccccc3)c2c1)C(=O)Nc1ccc(F)cc1. The number of esters is 1. The highest BCUT2D eigenvalue weighted by atomic mass is 19.1. The Hall–Kier alpha value is -4.00. The minimum atomic E-state index is -1.05. The maximum absolute atomic E-state index is 13.0. The lowest BCUT2D eigenvalue weighted by atomic mass is 10.1. The maximum atomic E-state index is 13.0. The van der Waals surface area contributed by atoms with Crippen LogP contribution in [-0.4, -0.2) is 23.1 Å². The third kappa shape index (κ3) is 4.05. The quantitative estimate of drug-likeness (QED) is 0.483. The van der Waals surface area contributed by atoms with E-state index in [2.05, 4.69) is 10.5 Å². The third-order valence-corrected chi connectivity index (χ3v) is 4.51. The van der Waals surface area contributed by atoms with Crippen molar-refractivity contribution < 1.29 is 23.2 Å². The molecule has 6 nitrogen and oxygen atoms in total. The largest absolute Gasteiger partial charge is 0.449 e. The number of carbonyl (C=O) groups is 2. The number of nitrogens with zero attached hydrogens (tertiary/aromatic N) is 1. The molecule has 0 saturated heterocycles. The number of fused-ring (bicyclic) bond motifs is 1. The van der Waals surface area contributed by atoms with E-state index in [1.54, 1.807) is 18.2 Å². The molecule has 0 aliphatic heterocycles. The summed E-state index contributed by atoms with van der Waals surface area (Å²) in [4.78, 5) is 24.8. The molecular formula is C23H17FN2O4. The van der Waals surface area contributed by atoms with Crippen molar-refractivity contribution >= 4 is 28.5 Å². The molecule has 7 heteroatoms. The molecule has 0 fully saturated rings. The Labute approximate surface area is 171 Å². The molecule has 1 unspecified atom stereocenters. The van der Waals surface area contributed by atoms with Crippen LogP contribution in [0.25, 0.3) is 22.2 Å². The average molecular weight is 404 g/mol.